The number of carbonyl (C=O) groups excluding carboxylic acids is 1. The molecule has 5 nitrogen and oxygen atoms in total. The summed E-state index contributed by atoms with van der Waals surface area (Å²) in [5.74, 6) is 0.0142. The zero-order chi connectivity index (χ0) is 18.6. The highest BCUT2D eigenvalue weighted by molar-refractivity contribution is 7.91. The quantitative estimate of drug-likeness (QED) is 0.813. The highest BCUT2D eigenvalue weighted by Crippen LogP contribution is 2.22. The third kappa shape index (κ3) is 4.93. The molecule has 0 spiro atoms. The van der Waals surface area contributed by atoms with E-state index in [1.165, 1.54) is 5.56 Å². The predicted molar refractivity (Wildman–Crippen MR) is 103 cm³/mol. The molecule has 3 rings (SSSR count). The van der Waals surface area contributed by atoms with Gasteiger partial charge >= 0.3 is 0 Å². The lowest BCUT2D eigenvalue weighted by molar-refractivity contribution is -0.120. The summed E-state index contributed by atoms with van der Waals surface area (Å²) in [5.41, 5.74) is 3.34. The predicted octanol–water partition coefficient (Wildman–Crippen LogP) is 1.98. The molecule has 2 aromatic rings. The van der Waals surface area contributed by atoms with E-state index < -0.39 is 9.84 Å². The van der Waals surface area contributed by atoms with Gasteiger partial charge in [0.05, 0.1) is 24.1 Å². The molecule has 0 saturated carbocycles. The van der Waals surface area contributed by atoms with Crippen molar-refractivity contribution >= 4 is 15.7 Å². The molecule has 2 atom stereocenters. The highest BCUT2D eigenvalue weighted by atomic mass is 32.2. The van der Waals surface area contributed by atoms with Gasteiger partial charge in [0.15, 0.2) is 9.84 Å². The van der Waals surface area contributed by atoms with E-state index in [1.807, 2.05) is 37.3 Å². The van der Waals surface area contributed by atoms with Crippen LogP contribution in [0.1, 0.15) is 29.2 Å². The second-order valence-electron chi connectivity index (χ2n) is 6.80. The van der Waals surface area contributed by atoms with Gasteiger partial charge in [-0.3, -0.25) is 10.1 Å². The first-order chi connectivity index (χ1) is 12.4. The van der Waals surface area contributed by atoms with Gasteiger partial charge in [-0.15, -0.1) is 0 Å². The van der Waals surface area contributed by atoms with Crippen LogP contribution in [0.25, 0.3) is 0 Å². The Labute approximate surface area is 154 Å². The first kappa shape index (κ1) is 18.6. The van der Waals surface area contributed by atoms with Crippen LogP contribution in [0.5, 0.6) is 0 Å². The van der Waals surface area contributed by atoms with E-state index in [1.54, 1.807) is 0 Å². The van der Waals surface area contributed by atoms with Crippen LogP contribution < -0.4 is 10.6 Å². The van der Waals surface area contributed by atoms with Crippen molar-refractivity contribution in [1.29, 1.82) is 0 Å². The van der Waals surface area contributed by atoms with Crippen LogP contribution in [0.15, 0.2) is 54.6 Å². The van der Waals surface area contributed by atoms with Crippen molar-refractivity contribution in [3.05, 3.63) is 71.3 Å². The van der Waals surface area contributed by atoms with Crippen LogP contribution in [-0.2, 0) is 14.6 Å². The molecule has 26 heavy (non-hydrogen) atoms. The zero-order valence-electron chi connectivity index (χ0n) is 14.8. The first-order valence-electron chi connectivity index (χ1n) is 8.78. The Bertz CT molecular complexity index is 848. The number of carbonyl (C=O) groups is 1. The largest absolute Gasteiger partial charge is 0.351 e. The standard InChI is InChI=1S/C20H24N2O3S/c1-15-7-9-17(10-8-15)20(16-5-3-2-4-6-16)21-13-19(23)22-18-11-12-26(24,25)14-18/h2-10,18,20-21H,11-14H2,1H3,(H,22,23)/t18-,20-/m1/s1. The molecule has 0 bridgehead atoms. The summed E-state index contributed by atoms with van der Waals surface area (Å²) < 4.78 is 23.0. The topological polar surface area (TPSA) is 75.3 Å². The van der Waals surface area contributed by atoms with E-state index >= 15 is 0 Å². The van der Waals surface area contributed by atoms with Crippen LogP contribution in [-0.4, -0.2) is 38.4 Å². The van der Waals surface area contributed by atoms with Crippen LogP contribution in [0, 0.1) is 6.92 Å². The Balaban J connectivity index is 1.66. The second-order valence-corrected chi connectivity index (χ2v) is 9.03. The maximum Gasteiger partial charge on any atom is 0.234 e. The molecule has 0 aliphatic carbocycles. The lowest BCUT2D eigenvalue weighted by atomic mass is 9.98. The average molecular weight is 372 g/mol. The number of amides is 1. The fourth-order valence-electron chi connectivity index (χ4n) is 3.21. The molecule has 1 fully saturated rings. The maximum atomic E-state index is 12.3. The lowest BCUT2D eigenvalue weighted by Crippen LogP contribution is -2.42. The molecule has 0 unspecified atom stereocenters. The van der Waals surface area contributed by atoms with Crippen LogP contribution in [0.2, 0.25) is 0 Å². The molecule has 0 radical (unpaired) electrons. The number of aryl methyl sites for hydroxylation is 1. The van der Waals surface area contributed by atoms with Gasteiger partial charge in [0.25, 0.3) is 0 Å². The molecule has 2 N–H and O–H groups in total. The van der Waals surface area contributed by atoms with Crippen molar-refractivity contribution in [2.24, 2.45) is 0 Å². The van der Waals surface area contributed by atoms with E-state index in [0.717, 1.165) is 11.1 Å². The molecular formula is C20H24N2O3S. The lowest BCUT2D eigenvalue weighted by Gasteiger charge is -2.20. The highest BCUT2D eigenvalue weighted by Gasteiger charge is 2.29. The Hall–Kier alpha value is -2.18. The summed E-state index contributed by atoms with van der Waals surface area (Å²) in [7, 11) is -3.00. The SMILES string of the molecule is Cc1ccc([C@H](NCC(=O)N[C@@H]2CCS(=O)(=O)C2)c2ccccc2)cc1. The number of hydrogen-bond acceptors (Lipinski definition) is 4. The van der Waals surface area contributed by atoms with E-state index in [9.17, 15) is 13.2 Å². The van der Waals surface area contributed by atoms with Crippen molar-refractivity contribution in [2.75, 3.05) is 18.1 Å². The van der Waals surface area contributed by atoms with Crippen LogP contribution >= 0.6 is 0 Å². The van der Waals surface area contributed by atoms with Gasteiger partial charge in [0.1, 0.15) is 0 Å². The smallest absolute Gasteiger partial charge is 0.234 e. The molecule has 2 aromatic carbocycles. The van der Waals surface area contributed by atoms with Crippen LogP contribution in [0.4, 0.5) is 0 Å². The molecule has 0 aromatic heterocycles. The Morgan fingerprint density at radius 2 is 1.73 bits per heavy atom. The van der Waals surface area contributed by atoms with Crippen LogP contribution in [0.3, 0.4) is 0 Å². The van der Waals surface area contributed by atoms with Gasteiger partial charge in [0, 0.05) is 6.04 Å². The van der Waals surface area contributed by atoms with Gasteiger partial charge in [-0.1, -0.05) is 60.2 Å². The summed E-state index contributed by atoms with van der Waals surface area (Å²) in [6.07, 6.45) is 0.494. The Morgan fingerprint density at radius 3 is 2.35 bits per heavy atom. The zero-order valence-corrected chi connectivity index (χ0v) is 15.6. The first-order valence-corrected chi connectivity index (χ1v) is 10.6. The van der Waals surface area contributed by atoms with Gasteiger partial charge in [-0.25, -0.2) is 8.42 Å². The summed E-state index contributed by atoms with van der Waals surface area (Å²) in [5, 5.41) is 6.13. The number of hydrogen-bond donors (Lipinski definition) is 2. The molecule has 1 amide bonds. The van der Waals surface area contributed by atoms with Crippen molar-refractivity contribution in [3.8, 4) is 0 Å². The van der Waals surface area contributed by atoms with Crippen molar-refractivity contribution in [2.45, 2.75) is 25.4 Å². The third-order valence-corrected chi connectivity index (χ3v) is 6.38. The Kier molecular flexibility index (Phi) is 5.74. The fourth-order valence-corrected chi connectivity index (χ4v) is 4.89. The minimum atomic E-state index is -3.00. The molecule has 1 aliphatic rings. The minimum Gasteiger partial charge on any atom is -0.351 e. The van der Waals surface area contributed by atoms with Crippen molar-refractivity contribution < 1.29 is 13.2 Å². The number of nitrogens with one attached hydrogen (secondary N) is 2. The van der Waals surface area contributed by atoms with E-state index in [2.05, 4.69) is 34.9 Å². The van der Waals surface area contributed by atoms with E-state index in [0.29, 0.717) is 6.42 Å². The van der Waals surface area contributed by atoms with Gasteiger partial charge < -0.3 is 5.32 Å². The molecule has 1 saturated heterocycles. The summed E-state index contributed by atoms with van der Waals surface area (Å²) in [6, 6.07) is 17.8. The molecular weight excluding hydrogens is 348 g/mol. The van der Waals surface area contributed by atoms with Gasteiger partial charge in [0.2, 0.25) is 5.91 Å². The normalized spacial score (nSPS) is 19.8. The van der Waals surface area contributed by atoms with E-state index in [4.69, 9.17) is 0 Å². The fraction of sp³-hybridized carbons (Fsp3) is 0.350. The molecule has 1 heterocycles. The molecule has 6 heteroatoms. The summed E-state index contributed by atoms with van der Waals surface area (Å²) in [6.45, 7) is 2.17. The minimum absolute atomic E-state index is 0.0405. The van der Waals surface area contributed by atoms with E-state index in [-0.39, 0.29) is 36.0 Å². The van der Waals surface area contributed by atoms with Crippen molar-refractivity contribution in [1.82, 2.24) is 10.6 Å². The van der Waals surface area contributed by atoms with Gasteiger partial charge in [-0.2, -0.15) is 0 Å². The second kappa shape index (κ2) is 8.01. The monoisotopic (exact) mass is 372 g/mol. The summed E-state index contributed by atoms with van der Waals surface area (Å²) >= 11 is 0. The molecule has 1 aliphatic heterocycles. The van der Waals surface area contributed by atoms with Gasteiger partial charge in [-0.05, 0) is 24.5 Å². The summed E-state index contributed by atoms with van der Waals surface area (Å²) in [4.78, 5) is 12.3. The maximum absolute atomic E-state index is 12.3. The third-order valence-electron chi connectivity index (χ3n) is 4.61. The van der Waals surface area contributed by atoms with Crippen molar-refractivity contribution in [3.63, 3.8) is 0 Å². The number of sulfone groups is 1. The number of rotatable bonds is 6. The number of benzene rings is 2. The molecule has 138 valence electrons. The Morgan fingerprint density at radius 1 is 1.08 bits per heavy atom. The average Bonchev–Trinajstić information content (AvgIpc) is 2.96.